The molecule has 0 bridgehead atoms. The second-order valence-corrected chi connectivity index (χ2v) is 5.65. The first-order chi connectivity index (χ1) is 11.5. The zero-order chi connectivity index (χ0) is 17.3. The van der Waals surface area contributed by atoms with E-state index in [1.807, 2.05) is 0 Å². The summed E-state index contributed by atoms with van der Waals surface area (Å²) in [5.74, 6) is -0.609. The van der Waals surface area contributed by atoms with Crippen LogP contribution in [-0.2, 0) is 11.5 Å². The third kappa shape index (κ3) is 3.17. The Bertz CT molecular complexity index is 955. The Morgan fingerprint density at radius 3 is 2.71 bits per heavy atom. The highest BCUT2D eigenvalue weighted by atomic mass is 35.5. The predicted molar refractivity (Wildman–Crippen MR) is 88.3 cm³/mol. The monoisotopic (exact) mass is 365 g/mol. The van der Waals surface area contributed by atoms with Gasteiger partial charge in [-0.2, -0.15) is 5.10 Å². The second kappa shape index (κ2) is 6.46. The van der Waals surface area contributed by atoms with Crippen molar-refractivity contribution in [3.8, 4) is 0 Å². The third-order valence-corrected chi connectivity index (χ3v) is 4.05. The van der Waals surface area contributed by atoms with E-state index >= 15 is 0 Å². The molecular formula is C15H9Cl2N3O4. The minimum absolute atomic E-state index is 0.0694. The van der Waals surface area contributed by atoms with Crippen LogP contribution in [0.4, 0.5) is 5.69 Å². The maximum absolute atomic E-state index is 12.0. The van der Waals surface area contributed by atoms with Crippen molar-refractivity contribution in [2.75, 3.05) is 0 Å². The first-order valence-corrected chi connectivity index (χ1v) is 7.43. The van der Waals surface area contributed by atoms with Gasteiger partial charge in [0.15, 0.2) is 6.73 Å². The van der Waals surface area contributed by atoms with Crippen LogP contribution in [0.25, 0.3) is 10.9 Å². The van der Waals surface area contributed by atoms with Crippen LogP contribution in [0.5, 0.6) is 0 Å². The summed E-state index contributed by atoms with van der Waals surface area (Å²) in [6.07, 6.45) is 1.53. The van der Waals surface area contributed by atoms with Crippen molar-refractivity contribution in [2.24, 2.45) is 0 Å². The standard InChI is InChI=1S/C15H9Cl2N3O4/c16-12-4-2-9(5-13(12)17)15(21)24-8-19-14-6-11(20(22)23)3-1-10(14)7-18-19/h1-7H,8H2. The van der Waals surface area contributed by atoms with Crippen molar-refractivity contribution < 1.29 is 14.5 Å². The van der Waals surface area contributed by atoms with Crippen LogP contribution in [0.15, 0.2) is 42.6 Å². The quantitative estimate of drug-likeness (QED) is 0.395. The number of nitro groups is 1. The molecule has 7 nitrogen and oxygen atoms in total. The highest BCUT2D eigenvalue weighted by Crippen LogP contribution is 2.23. The molecule has 3 aromatic rings. The van der Waals surface area contributed by atoms with Crippen LogP contribution < -0.4 is 0 Å². The van der Waals surface area contributed by atoms with Crippen LogP contribution in [0.1, 0.15) is 10.4 Å². The van der Waals surface area contributed by atoms with Crippen molar-refractivity contribution in [2.45, 2.75) is 6.73 Å². The maximum Gasteiger partial charge on any atom is 0.339 e. The summed E-state index contributed by atoms with van der Waals surface area (Å²) in [7, 11) is 0. The molecule has 0 unspecified atom stereocenters. The lowest BCUT2D eigenvalue weighted by atomic mass is 10.2. The summed E-state index contributed by atoms with van der Waals surface area (Å²) < 4.78 is 6.52. The van der Waals surface area contributed by atoms with Gasteiger partial charge >= 0.3 is 5.97 Å². The van der Waals surface area contributed by atoms with Gasteiger partial charge in [-0.25, -0.2) is 9.48 Å². The molecule has 0 N–H and O–H groups in total. The number of nitro benzene ring substituents is 1. The molecule has 0 aliphatic carbocycles. The molecule has 3 rings (SSSR count). The lowest BCUT2D eigenvalue weighted by Gasteiger charge is -2.07. The average Bonchev–Trinajstić information content (AvgIpc) is 2.97. The molecule has 0 fully saturated rings. The predicted octanol–water partition coefficient (Wildman–Crippen LogP) is 4.07. The van der Waals surface area contributed by atoms with Gasteiger partial charge in [0.2, 0.25) is 0 Å². The Balaban J connectivity index is 1.80. The number of carbonyl (C=O) groups excluding carboxylic acids is 1. The number of fused-ring (bicyclic) bond motifs is 1. The highest BCUT2D eigenvalue weighted by molar-refractivity contribution is 6.42. The molecule has 0 aliphatic heterocycles. The van der Waals surface area contributed by atoms with E-state index in [1.54, 1.807) is 6.07 Å². The fraction of sp³-hybridized carbons (Fsp3) is 0.0667. The number of carbonyl (C=O) groups is 1. The average molecular weight is 366 g/mol. The Labute approximate surface area is 145 Å². The fourth-order valence-electron chi connectivity index (χ4n) is 2.10. The smallest absolute Gasteiger partial charge is 0.339 e. The van der Waals surface area contributed by atoms with E-state index in [-0.39, 0.29) is 23.0 Å². The Morgan fingerprint density at radius 2 is 2.00 bits per heavy atom. The summed E-state index contributed by atoms with van der Waals surface area (Å²) in [6, 6.07) is 8.72. The van der Waals surface area contributed by atoms with Crippen molar-refractivity contribution in [1.29, 1.82) is 0 Å². The third-order valence-electron chi connectivity index (χ3n) is 3.31. The van der Waals surface area contributed by atoms with Gasteiger partial charge in [-0.05, 0) is 24.3 Å². The van der Waals surface area contributed by atoms with E-state index in [9.17, 15) is 14.9 Å². The molecule has 9 heteroatoms. The summed E-state index contributed by atoms with van der Waals surface area (Å²) >= 11 is 11.7. The Hall–Kier alpha value is -2.64. The second-order valence-electron chi connectivity index (χ2n) is 4.83. The van der Waals surface area contributed by atoms with E-state index in [0.29, 0.717) is 15.9 Å². The highest BCUT2D eigenvalue weighted by Gasteiger charge is 2.13. The largest absolute Gasteiger partial charge is 0.439 e. The lowest BCUT2D eigenvalue weighted by molar-refractivity contribution is -0.384. The lowest BCUT2D eigenvalue weighted by Crippen LogP contribution is -2.10. The van der Waals surface area contributed by atoms with Gasteiger partial charge in [-0.1, -0.05) is 23.2 Å². The van der Waals surface area contributed by atoms with Crippen molar-refractivity contribution in [3.63, 3.8) is 0 Å². The molecular weight excluding hydrogens is 357 g/mol. The van der Waals surface area contributed by atoms with Gasteiger partial charge in [0, 0.05) is 17.5 Å². The number of benzene rings is 2. The number of hydrogen-bond acceptors (Lipinski definition) is 5. The number of nitrogens with zero attached hydrogens (tertiary/aromatic N) is 3. The molecule has 0 saturated carbocycles. The molecule has 0 spiro atoms. The number of aromatic nitrogens is 2. The summed E-state index contributed by atoms with van der Waals surface area (Å²) in [5.41, 5.74) is 0.665. The molecule has 0 radical (unpaired) electrons. The minimum atomic E-state index is -0.609. The molecule has 1 heterocycles. The van der Waals surface area contributed by atoms with Crippen LogP contribution in [-0.4, -0.2) is 20.7 Å². The number of halogens is 2. The Kier molecular flexibility index (Phi) is 4.37. The topological polar surface area (TPSA) is 87.3 Å². The fourth-order valence-corrected chi connectivity index (χ4v) is 2.40. The van der Waals surface area contributed by atoms with E-state index in [4.69, 9.17) is 27.9 Å². The van der Waals surface area contributed by atoms with E-state index in [1.165, 1.54) is 41.2 Å². The van der Waals surface area contributed by atoms with Crippen LogP contribution in [0.3, 0.4) is 0 Å². The molecule has 1 aromatic heterocycles. The molecule has 2 aromatic carbocycles. The van der Waals surface area contributed by atoms with Gasteiger partial charge in [0.1, 0.15) is 0 Å². The SMILES string of the molecule is O=C(OCn1ncc2ccc([N+](=O)[O-])cc21)c1ccc(Cl)c(Cl)c1. The van der Waals surface area contributed by atoms with Gasteiger partial charge in [-0.3, -0.25) is 10.1 Å². The number of ether oxygens (including phenoxy) is 1. The maximum atomic E-state index is 12.0. The molecule has 0 amide bonds. The number of rotatable bonds is 4. The number of non-ortho nitro benzene ring substituents is 1. The first kappa shape index (κ1) is 16.2. The van der Waals surface area contributed by atoms with Gasteiger partial charge < -0.3 is 4.74 Å². The van der Waals surface area contributed by atoms with E-state index < -0.39 is 10.9 Å². The molecule has 0 atom stereocenters. The molecule has 0 aliphatic rings. The molecule has 24 heavy (non-hydrogen) atoms. The van der Waals surface area contributed by atoms with E-state index in [0.717, 1.165) is 0 Å². The van der Waals surface area contributed by atoms with Crippen molar-refractivity contribution in [1.82, 2.24) is 9.78 Å². The van der Waals surface area contributed by atoms with Crippen molar-refractivity contribution in [3.05, 3.63) is 68.3 Å². The van der Waals surface area contributed by atoms with E-state index in [2.05, 4.69) is 5.10 Å². The number of esters is 1. The summed E-state index contributed by atoms with van der Waals surface area (Å²) in [4.78, 5) is 22.4. The number of hydrogen-bond donors (Lipinski definition) is 0. The molecule has 0 saturated heterocycles. The Morgan fingerprint density at radius 1 is 1.21 bits per heavy atom. The minimum Gasteiger partial charge on any atom is -0.439 e. The van der Waals surface area contributed by atoms with Gasteiger partial charge in [-0.15, -0.1) is 0 Å². The van der Waals surface area contributed by atoms with Crippen LogP contribution >= 0.6 is 23.2 Å². The van der Waals surface area contributed by atoms with Gasteiger partial charge in [0.05, 0.1) is 32.2 Å². The van der Waals surface area contributed by atoms with Crippen LogP contribution in [0.2, 0.25) is 10.0 Å². The summed E-state index contributed by atoms with van der Waals surface area (Å²) in [6.45, 7) is -0.191. The normalized spacial score (nSPS) is 10.8. The zero-order valence-corrected chi connectivity index (χ0v) is 13.5. The zero-order valence-electron chi connectivity index (χ0n) is 12.0. The first-order valence-electron chi connectivity index (χ1n) is 6.68. The van der Waals surface area contributed by atoms with Gasteiger partial charge in [0.25, 0.3) is 5.69 Å². The van der Waals surface area contributed by atoms with Crippen LogP contribution in [0, 0.1) is 10.1 Å². The molecule has 122 valence electrons. The summed E-state index contributed by atoms with van der Waals surface area (Å²) in [5, 5.41) is 16.2. The van der Waals surface area contributed by atoms with Crippen molar-refractivity contribution >= 4 is 45.8 Å².